The van der Waals surface area contributed by atoms with Crippen LogP contribution >= 0.6 is 0 Å². The van der Waals surface area contributed by atoms with Crippen LogP contribution in [0.5, 0.6) is 5.75 Å². The molecule has 2 aromatic carbocycles. The Hall–Kier alpha value is -3.28. The van der Waals surface area contributed by atoms with E-state index in [2.05, 4.69) is 37.8 Å². The highest BCUT2D eigenvalue weighted by molar-refractivity contribution is 5.97. The van der Waals surface area contributed by atoms with Crippen molar-refractivity contribution in [1.82, 2.24) is 10.1 Å². The number of methoxy groups -OCH3 is 1. The van der Waals surface area contributed by atoms with E-state index in [4.69, 9.17) is 9.26 Å². The number of amides is 1. The van der Waals surface area contributed by atoms with Crippen LogP contribution in [0.1, 0.15) is 50.0 Å². The van der Waals surface area contributed by atoms with Gasteiger partial charge in [-0.3, -0.25) is 4.79 Å². The van der Waals surface area contributed by atoms with E-state index in [1.54, 1.807) is 7.11 Å². The van der Waals surface area contributed by atoms with Crippen molar-refractivity contribution in [1.29, 1.82) is 0 Å². The van der Waals surface area contributed by atoms with Gasteiger partial charge in [0.25, 0.3) is 5.91 Å². The Kier molecular flexibility index (Phi) is 7.57. The molecule has 0 radical (unpaired) electrons. The maximum atomic E-state index is 13.7. The average Bonchev–Trinajstić information content (AvgIpc) is 3.24. The van der Waals surface area contributed by atoms with Crippen LogP contribution in [0.4, 0.5) is 5.88 Å². The van der Waals surface area contributed by atoms with Crippen LogP contribution in [0.15, 0.2) is 59.1 Å². The van der Waals surface area contributed by atoms with E-state index >= 15 is 0 Å². The molecule has 6 heteroatoms. The summed E-state index contributed by atoms with van der Waals surface area (Å²) in [6.07, 6.45) is 0.822. The quantitative estimate of drug-likeness (QED) is 0.436. The largest absolute Gasteiger partial charge is 0.496 e. The van der Waals surface area contributed by atoms with Crippen molar-refractivity contribution >= 4 is 11.8 Å². The second-order valence-electron chi connectivity index (χ2n) is 8.28. The van der Waals surface area contributed by atoms with E-state index in [1.807, 2.05) is 66.5 Å². The van der Waals surface area contributed by atoms with Gasteiger partial charge < -0.3 is 19.1 Å². The first-order valence-electron chi connectivity index (χ1n) is 11.1. The molecule has 0 unspecified atom stereocenters. The summed E-state index contributed by atoms with van der Waals surface area (Å²) in [6.45, 7) is 8.72. The first-order chi connectivity index (χ1) is 15.4. The number of para-hydroxylation sites is 1. The number of hydrogen-bond acceptors (Lipinski definition) is 5. The molecule has 0 aliphatic carbocycles. The number of hydrogen-bond donors (Lipinski definition) is 0. The molecule has 0 saturated carbocycles. The minimum absolute atomic E-state index is 0.0168. The Morgan fingerprint density at radius 2 is 1.72 bits per heavy atom. The lowest BCUT2D eigenvalue weighted by molar-refractivity contribution is 0.0668. The molecule has 170 valence electrons. The highest BCUT2D eigenvalue weighted by atomic mass is 16.5. The summed E-state index contributed by atoms with van der Waals surface area (Å²) in [5.41, 5.74) is 3.17. The van der Waals surface area contributed by atoms with E-state index in [1.165, 1.54) is 0 Å². The van der Waals surface area contributed by atoms with Gasteiger partial charge in [-0.25, -0.2) is 0 Å². The molecule has 1 aromatic heterocycles. The van der Waals surface area contributed by atoms with Crippen molar-refractivity contribution in [3.05, 3.63) is 65.7 Å². The Morgan fingerprint density at radius 3 is 2.34 bits per heavy atom. The molecule has 0 spiro atoms. The van der Waals surface area contributed by atoms with Crippen LogP contribution in [-0.4, -0.2) is 42.2 Å². The molecule has 0 saturated heterocycles. The van der Waals surface area contributed by atoms with Gasteiger partial charge >= 0.3 is 0 Å². The zero-order valence-corrected chi connectivity index (χ0v) is 19.8. The summed E-state index contributed by atoms with van der Waals surface area (Å²) in [6, 6.07) is 17.5. The Labute approximate surface area is 190 Å². The minimum Gasteiger partial charge on any atom is -0.496 e. The smallest absolute Gasteiger partial charge is 0.258 e. The highest BCUT2D eigenvalue weighted by Crippen LogP contribution is 2.34. The summed E-state index contributed by atoms with van der Waals surface area (Å²) in [5, 5.41) is 4.41. The van der Waals surface area contributed by atoms with Crippen LogP contribution in [0.3, 0.4) is 0 Å². The lowest BCUT2D eigenvalue weighted by atomic mass is 10.0. The topological polar surface area (TPSA) is 58.8 Å². The van der Waals surface area contributed by atoms with Gasteiger partial charge in [-0.2, -0.15) is 0 Å². The van der Waals surface area contributed by atoms with E-state index in [0.29, 0.717) is 23.7 Å². The zero-order valence-electron chi connectivity index (χ0n) is 19.8. The molecule has 6 nitrogen and oxygen atoms in total. The van der Waals surface area contributed by atoms with Gasteiger partial charge in [-0.15, -0.1) is 0 Å². The molecule has 32 heavy (non-hydrogen) atoms. The fourth-order valence-electron chi connectivity index (χ4n) is 3.57. The molecule has 1 atom stereocenters. The molecule has 3 rings (SSSR count). The van der Waals surface area contributed by atoms with Gasteiger partial charge in [0.15, 0.2) is 0 Å². The van der Waals surface area contributed by atoms with Gasteiger partial charge in [-0.1, -0.05) is 54.5 Å². The normalized spacial score (nSPS) is 12.0. The van der Waals surface area contributed by atoms with Crippen LogP contribution < -0.4 is 9.64 Å². The number of nitrogens with zero attached hydrogens (tertiary/aromatic N) is 3. The van der Waals surface area contributed by atoms with Gasteiger partial charge in [0.05, 0.1) is 24.8 Å². The summed E-state index contributed by atoms with van der Waals surface area (Å²) < 4.78 is 11.3. The molecule has 0 N–H and O–H groups in total. The monoisotopic (exact) mass is 435 g/mol. The number of carbonyl (C=O) groups excluding carboxylic acids is 1. The van der Waals surface area contributed by atoms with Crippen LogP contribution in [0.25, 0.3) is 11.3 Å². The van der Waals surface area contributed by atoms with Crippen molar-refractivity contribution in [2.45, 2.75) is 52.7 Å². The van der Waals surface area contributed by atoms with Crippen LogP contribution in [0.2, 0.25) is 0 Å². The number of ether oxygens (including phenoxy) is 1. The SMILES string of the molecule is CC[C@@H](C)N(Cc1c(-c2ccccc2)noc1N(C)C(C)C)C(=O)c1ccccc1OC. The second kappa shape index (κ2) is 10.4. The van der Waals surface area contributed by atoms with Crippen LogP contribution in [0, 0.1) is 0 Å². The van der Waals surface area contributed by atoms with E-state index in [0.717, 1.165) is 23.2 Å². The molecule has 0 bridgehead atoms. The standard InChI is InChI=1S/C26H33N3O3/c1-7-19(4)29(25(30)21-15-11-12-16-23(21)31-6)17-22-24(20-13-9-8-10-14-20)27-32-26(22)28(5)18(2)3/h8-16,18-19H,7,17H2,1-6H3/t19-/m1/s1. The van der Waals surface area contributed by atoms with Crippen molar-refractivity contribution in [2.75, 3.05) is 19.1 Å². The molecule has 0 fully saturated rings. The molecular weight excluding hydrogens is 402 g/mol. The average molecular weight is 436 g/mol. The van der Waals surface area contributed by atoms with Crippen molar-refractivity contribution in [2.24, 2.45) is 0 Å². The maximum Gasteiger partial charge on any atom is 0.258 e. The first-order valence-corrected chi connectivity index (χ1v) is 11.1. The van der Waals surface area contributed by atoms with E-state index < -0.39 is 0 Å². The molecule has 1 heterocycles. The zero-order chi connectivity index (χ0) is 23.3. The van der Waals surface area contributed by atoms with E-state index in [9.17, 15) is 4.79 Å². The molecule has 3 aromatic rings. The predicted molar refractivity (Wildman–Crippen MR) is 128 cm³/mol. The summed E-state index contributed by atoms with van der Waals surface area (Å²) in [4.78, 5) is 17.6. The number of anilines is 1. The van der Waals surface area contributed by atoms with Gasteiger partial charge in [0.1, 0.15) is 11.4 Å². The van der Waals surface area contributed by atoms with Crippen LogP contribution in [-0.2, 0) is 6.54 Å². The van der Waals surface area contributed by atoms with Crippen molar-refractivity contribution < 1.29 is 14.1 Å². The number of rotatable bonds is 9. The van der Waals surface area contributed by atoms with Gasteiger partial charge in [0.2, 0.25) is 5.88 Å². The Balaban J connectivity index is 2.09. The third kappa shape index (κ3) is 4.79. The maximum absolute atomic E-state index is 13.7. The number of aromatic nitrogens is 1. The fraction of sp³-hybridized carbons (Fsp3) is 0.385. The molecule has 0 aliphatic rings. The minimum atomic E-state index is -0.0739. The van der Waals surface area contributed by atoms with Crippen molar-refractivity contribution in [3.63, 3.8) is 0 Å². The summed E-state index contributed by atoms with van der Waals surface area (Å²) in [7, 11) is 3.57. The Morgan fingerprint density at radius 1 is 1.06 bits per heavy atom. The third-order valence-corrected chi connectivity index (χ3v) is 5.96. The lowest BCUT2D eigenvalue weighted by Gasteiger charge is -2.30. The predicted octanol–water partition coefficient (Wildman–Crippen LogP) is 5.64. The number of benzene rings is 2. The third-order valence-electron chi connectivity index (χ3n) is 5.96. The van der Waals surface area contributed by atoms with Gasteiger partial charge in [0, 0.05) is 24.7 Å². The Bertz CT molecular complexity index is 1030. The van der Waals surface area contributed by atoms with Crippen molar-refractivity contribution in [3.8, 4) is 17.0 Å². The molecular formula is C26H33N3O3. The summed E-state index contributed by atoms with van der Waals surface area (Å²) in [5.74, 6) is 1.18. The summed E-state index contributed by atoms with van der Waals surface area (Å²) >= 11 is 0. The molecule has 1 amide bonds. The van der Waals surface area contributed by atoms with Gasteiger partial charge in [-0.05, 0) is 39.3 Å². The van der Waals surface area contributed by atoms with E-state index in [-0.39, 0.29) is 18.0 Å². The molecule has 0 aliphatic heterocycles. The lowest BCUT2D eigenvalue weighted by Crippen LogP contribution is -2.38. The fourth-order valence-corrected chi connectivity index (χ4v) is 3.57. The second-order valence-corrected chi connectivity index (χ2v) is 8.28. The number of carbonyl (C=O) groups is 1. The highest BCUT2D eigenvalue weighted by Gasteiger charge is 2.29. The first kappa shape index (κ1) is 23.4.